The average Bonchev–Trinajstić information content (AvgIpc) is 2.91. The molecule has 1 aromatic carbocycles. The molecule has 0 unspecified atom stereocenters. The van der Waals surface area contributed by atoms with E-state index in [9.17, 15) is 0 Å². The lowest BCUT2D eigenvalue weighted by Crippen LogP contribution is -1.88. The van der Waals surface area contributed by atoms with E-state index in [0.717, 1.165) is 17.5 Å². The third-order valence-corrected chi connectivity index (χ3v) is 3.73. The van der Waals surface area contributed by atoms with E-state index in [0.29, 0.717) is 0 Å². The van der Waals surface area contributed by atoms with Gasteiger partial charge in [-0.2, -0.15) is 15.4 Å². The Bertz CT molecular complexity index is 476. The maximum absolute atomic E-state index is 4.23. The second-order valence-corrected chi connectivity index (χ2v) is 5.33. The quantitative estimate of drug-likeness (QED) is 0.666. The molecule has 3 heteroatoms. The van der Waals surface area contributed by atoms with Crippen molar-refractivity contribution in [1.29, 1.82) is 0 Å². The van der Waals surface area contributed by atoms with Crippen LogP contribution in [0.1, 0.15) is 63.9 Å². The van der Waals surface area contributed by atoms with E-state index in [-0.39, 0.29) is 0 Å². The number of para-hydroxylation sites is 1. The van der Waals surface area contributed by atoms with Gasteiger partial charge in [-0.1, -0.05) is 64.0 Å². The van der Waals surface area contributed by atoms with Crippen molar-refractivity contribution >= 4 is 11.0 Å². The normalized spacial score (nSPS) is 11.2. The Morgan fingerprint density at radius 1 is 0.895 bits per heavy atom. The number of nitrogens with one attached hydrogen (secondary N) is 1. The lowest BCUT2D eigenvalue weighted by Gasteiger charge is -2.03. The van der Waals surface area contributed by atoms with Gasteiger partial charge in [-0.15, -0.1) is 0 Å². The highest BCUT2D eigenvalue weighted by molar-refractivity contribution is 5.77. The molecule has 104 valence electrons. The number of aromatic amines is 1. The summed E-state index contributed by atoms with van der Waals surface area (Å²) in [6.07, 6.45) is 12.0. The minimum Gasteiger partial charge on any atom is -0.197 e. The van der Waals surface area contributed by atoms with Crippen LogP contribution >= 0.6 is 0 Å². The Labute approximate surface area is 115 Å². The summed E-state index contributed by atoms with van der Waals surface area (Å²) < 4.78 is 0. The number of benzene rings is 1. The van der Waals surface area contributed by atoms with Gasteiger partial charge in [0.1, 0.15) is 11.0 Å². The van der Waals surface area contributed by atoms with Gasteiger partial charge in [-0.3, -0.25) is 0 Å². The van der Waals surface area contributed by atoms with Gasteiger partial charge in [0, 0.05) is 0 Å². The lowest BCUT2D eigenvalue weighted by atomic mass is 10.0. The van der Waals surface area contributed by atoms with Crippen LogP contribution in [0.15, 0.2) is 18.2 Å². The molecule has 2 rings (SSSR count). The molecule has 0 fully saturated rings. The molecule has 0 aliphatic heterocycles. The van der Waals surface area contributed by atoms with Crippen LogP contribution in [0.4, 0.5) is 0 Å². The van der Waals surface area contributed by atoms with Crippen LogP contribution in [-0.2, 0) is 6.42 Å². The van der Waals surface area contributed by atoms with Gasteiger partial charge in [0.25, 0.3) is 0 Å². The highest BCUT2D eigenvalue weighted by atomic mass is 15.3. The van der Waals surface area contributed by atoms with Gasteiger partial charge in [-0.05, 0) is 24.5 Å². The predicted octanol–water partition coefficient (Wildman–Crippen LogP) is 4.64. The Morgan fingerprint density at radius 3 is 2.42 bits per heavy atom. The number of unbranched alkanes of at least 4 members (excludes halogenated alkanes) is 7. The number of nitrogens with zero attached hydrogens (tertiary/aromatic N) is 2. The zero-order valence-corrected chi connectivity index (χ0v) is 12.0. The van der Waals surface area contributed by atoms with Crippen molar-refractivity contribution < 1.29 is 0 Å². The zero-order valence-electron chi connectivity index (χ0n) is 12.0. The maximum Gasteiger partial charge on any atom is 0.116 e. The summed E-state index contributed by atoms with van der Waals surface area (Å²) in [7, 11) is 0. The molecule has 0 aliphatic carbocycles. The number of fused-ring (bicyclic) bond motifs is 1. The number of aryl methyl sites for hydroxylation is 1. The lowest BCUT2D eigenvalue weighted by molar-refractivity contribution is 0.576. The fourth-order valence-corrected chi connectivity index (χ4v) is 2.58. The van der Waals surface area contributed by atoms with Crippen LogP contribution in [0.5, 0.6) is 0 Å². The summed E-state index contributed by atoms with van der Waals surface area (Å²) in [6.45, 7) is 2.27. The maximum atomic E-state index is 4.23. The van der Waals surface area contributed by atoms with Crippen molar-refractivity contribution in [2.24, 2.45) is 0 Å². The Kier molecular flexibility index (Phi) is 5.86. The van der Waals surface area contributed by atoms with Crippen LogP contribution in [-0.4, -0.2) is 15.4 Å². The first-order valence-electron chi connectivity index (χ1n) is 7.70. The highest BCUT2D eigenvalue weighted by Gasteiger charge is 2.03. The first-order valence-corrected chi connectivity index (χ1v) is 7.70. The number of hydrogen-bond donors (Lipinski definition) is 1. The summed E-state index contributed by atoms with van der Waals surface area (Å²) in [5.74, 6) is 0. The van der Waals surface area contributed by atoms with E-state index in [1.807, 2.05) is 6.07 Å². The number of rotatable bonds is 9. The largest absolute Gasteiger partial charge is 0.197 e. The number of H-pyrrole nitrogens is 1. The summed E-state index contributed by atoms with van der Waals surface area (Å²) in [6, 6.07) is 6.26. The van der Waals surface area contributed by atoms with Crippen LogP contribution in [0.25, 0.3) is 11.0 Å². The van der Waals surface area contributed by atoms with E-state index in [1.165, 1.54) is 56.9 Å². The van der Waals surface area contributed by atoms with E-state index < -0.39 is 0 Å². The molecular formula is C16H25N3. The molecule has 3 nitrogen and oxygen atoms in total. The van der Waals surface area contributed by atoms with Crippen LogP contribution in [0.3, 0.4) is 0 Å². The third-order valence-electron chi connectivity index (χ3n) is 3.73. The van der Waals surface area contributed by atoms with Crippen molar-refractivity contribution in [3.8, 4) is 0 Å². The summed E-state index contributed by atoms with van der Waals surface area (Å²) in [5, 5.41) is 11.1. The summed E-state index contributed by atoms with van der Waals surface area (Å²) >= 11 is 0. The predicted molar refractivity (Wildman–Crippen MR) is 80.2 cm³/mol. The molecule has 0 amide bonds. The molecule has 0 spiro atoms. The molecule has 0 saturated carbocycles. The van der Waals surface area contributed by atoms with Crippen molar-refractivity contribution in [1.82, 2.24) is 15.4 Å². The molecular weight excluding hydrogens is 234 g/mol. The van der Waals surface area contributed by atoms with E-state index in [1.54, 1.807) is 0 Å². The van der Waals surface area contributed by atoms with E-state index in [4.69, 9.17) is 0 Å². The minimum absolute atomic E-state index is 0.983. The molecule has 0 bridgehead atoms. The van der Waals surface area contributed by atoms with Crippen molar-refractivity contribution in [2.75, 3.05) is 0 Å². The van der Waals surface area contributed by atoms with E-state index in [2.05, 4.69) is 34.5 Å². The third kappa shape index (κ3) is 4.34. The van der Waals surface area contributed by atoms with Gasteiger partial charge in [0.2, 0.25) is 0 Å². The Hall–Kier alpha value is -1.38. The Morgan fingerprint density at radius 2 is 1.63 bits per heavy atom. The number of hydrogen-bond acceptors (Lipinski definition) is 2. The topological polar surface area (TPSA) is 41.6 Å². The molecule has 0 atom stereocenters. The first-order chi connectivity index (χ1) is 9.42. The standard InChI is InChI=1S/C16H25N3/c1-2-3-4-5-6-7-8-9-11-14-12-10-13-15-16(14)18-19-17-15/h10,12-13H,2-9,11H2,1H3,(H,17,18,19). The van der Waals surface area contributed by atoms with Gasteiger partial charge in [-0.25, -0.2) is 0 Å². The average molecular weight is 259 g/mol. The van der Waals surface area contributed by atoms with Crippen molar-refractivity contribution in [3.63, 3.8) is 0 Å². The second-order valence-electron chi connectivity index (χ2n) is 5.33. The molecule has 19 heavy (non-hydrogen) atoms. The van der Waals surface area contributed by atoms with Gasteiger partial charge >= 0.3 is 0 Å². The molecule has 1 heterocycles. The SMILES string of the molecule is CCCCCCCCCCc1cccc2n[nH]nc12. The van der Waals surface area contributed by atoms with Gasteiger partial charge < -0.3 is 0 Å². The first kappa shape index (κ1) is 14.0. The van der Waals surface area contributed by atoms with Gasteiger partial charge in [0.05, 0.1) is 0 Å². The van der Waals surface area contributed by atoms with E-state index >= 15 is 0 Å². The van der Waals surface area contributed by atoms with Crippen LogP contribution in [0.2, 0.25) is 0 Å². The summed E-state index contributed by atoms with van der Waals surface area (Å²) in [4.78, 5) is 0. The van der Waals surface area contributed by atoms with Crippen molar-refractivity contribution in [3.05, 3.63) is 23.8 Å². The second kappa shape index (κ2) is 7.93. The monoisotopic (exact) mass is 259 g/mol. The number of aromatic nitrogens is 3. The minimum atomic E-state index is 0.983. The van der Waals surface area contributed by atoms with Crippen LogP contribution < -0.4 is 0 Å². The highest BCUT2D eigenvalue weighted by Crippen LogP contribution is 2.17. The Balaban J connectivity index is 1.64. The van der Waals surface area contributed by atoms with Crippen LogP contribution in [0, 0.1) is 0 Å². The fraction of sp³-hybridized carbons (Fsp3) is 0.625. The molecule has 0 radical (unpaired) electrons. The zero-order chi connectivity index (χ0) is 13.3. The van der Waals surface area contributed by atoms with Crippen molar-refractivity contribution in [2.45, 2.75) is 64.7 Å². The smallest absolute Gasteiger partial charge is 0.116 e. The molecule has 1 aromatic heterocycles. The molecule has 2 aromatic rings. The molecule has 0 aliphatic rings. The molecule has 0 saturated heterocycles. The van der Waals surface area contributed by atoms with Gasteiger partial charge in [0.15, 0.2) is 0 Å². The summed E-state index contributed by atoms with van der Waals surface area (Å²) in [5.41, 5.74) is 3.36. The molecule has 1 N–H and O–H groups in total. The fourth-order valence-electron chi connectivity index (χ4n) is 2.58.